The molecule has 1 heterocycles. The third-order valence-electron chi connectivity index (χ3n) is 2.78. The van der Waals surface area contributed by atoms with Crippen molar-refractivity contribution in [1.82, 2.24) is 15.2 Å². The van der Waals surface area contributed by atoms with Crippen LogP contribution < -0.4 is 5.73 Å². The third-order valence-corrected chi connectivity index (χ3v) is 3.47. The molecule has 0 spiro atoms. The zero-order valence-electron chi connectivity index (χ0n) is 9.97. The second kappa shape index (κ2) is 4.85. The van der Waals surface area contributed by atoms with Crippen LogP contribution in [0.5, 0.6) is 0 Å². The summed E-state index contributed by atoms with van der Waals surface area (Å²) in [5.41, 5.74) is 8.31. The molecule has 2 aromatic carbocycles. The van der Waals surface area contributed by atoms with Gasteiger partial charge in [-0.3, -0.25) is 5.10 Å². The Balaban J connectivity index is 2.00. The maximum absolute atomic E-state index is 5.67. The molecule has 0 radical (unpaired) electrons. The topological polar surface area (TPSA) is 67.6 Å². The maximum Gasteiger partial charge on any atom is 0.181 e. The van der Waals surface area contributed by atoms with E-state index in [2.05, 4.69) is 31.1 Å². The second-order valence-electron chi connectivity index (χ2n) is 4.11. The van der Waals surface area contributed by atoms with Crippen molar-refractivity contribution in [2.45, 2.75) is 0 Å². The first-order valence-corrected chi connectivity index (χ1v) is 6.56. The van der Waals surface area contributed by atoms with Crippen molar-refractivity contribution in [2.24, 2.45) is 0 Å². The lowest BCUT2D eigenvalue weighted by Gasteiger charge is -1.98. The Bertz CT molecular complexity index is 703. The van der Waals surface area contributed by atoms with E-state index in [4.69, 9.17) is 5.73 Å². The first kappa shape index (κ1) is 11.9. The van der Waals surface area contributed by atoms with E-state index in [1.165, 1.54) is 0 Å². The highest BCUT2D eigenvalue weighted by Crippen LogP contribution is 2.26. The highest BCUT2D eigenvalue weighted by atomic mass is 79.9. The summed E-state index contributed by atoms with van der Waals surface area (Å²) in [4.78, 5) is 4.50. The van der Waals surface area contributed by atoms with Gasteiger partial charge in [-0.25, -0.2) is 4.98 Å². The van der Waals surface area contributed by atoms with Gasteiger partial charge in [-0.05, 0) is 30.3 Å². The van der Waals surface area contributed by atoms with Gasteiger partial charge in [0.15, 0.2) is 11.6 Å². The van der Waals surface area contributed by atoms with Crippen LogP contribution in [-0.4, -0.2) is 15.2 Å². The molecule has 1 aromatic heterocycles. The Morgan fingerprint density at radius 3 is 2.47 bits per heavy atom. The molecule has 0 amide bonds. The number of aromatic amines is 1. The molecule has 0 aliphatic carbocycles. The van der Waals surface area contributed by atoms with Gasteiger partial charge in [-0.1, -0.05) is 34.1 Å². The van der Waals surface area contributed by atoms with Gasteiger partial charge in [-0.15, -0.1) is 0 Å². The lowest BCUT2D eigenvalue weighted by Crippen LogP contribution is -1.85. The summed E-state index contributed by atoms with van der Waals surface area (Å²) < 4.78 is 0.981. The first-order valence-electron chi connectivity index (χ1n) is 5.77. The fourth-order valence-corrected chi connectivity index (χ4v) is 2.27. The average Bonchev–Trinajstić information content (AvgIpc) is 2.89. The van der Waals surface area contributed by atoms with Crippen LogP contribution in [0, 0.1) is 0 Å². The van der Waals surface area contributed by atoms with Crippen molar-refractivity contribution in [3.8, 4) is 22.8 Å². The summed E-state index contributed by atoms with van der Waals surface area (Å²) in [7, 11) is 0. The molecule has 0 aliphatic heterocycles. The van der Waals surface area contributed by atoms with Crippen LogP contribution in [0.1, 0.15) is 0 Å². The molecular formula is C14H11BrN4. The number of hydrogen-bond acceptors (Lipinski definition) is 3. The fraction of sp³-hybridized carbons (Fsp3) is 0. The van der Waals surface area contributed by atoms with Crippen molar-refractivity contribution in [2.75, 3.05) is 5.73 Å². The number of nitrogen functional groups attached to an aromatic ring is 1. The fourth-order valence-electron chi connectivity index (χ4n) is 1.80. The summed E-state index contributed by atoms with van der Waals surface area (Å²) in [6.07, 6.45) is 0. The molecule has 0 bridgehead atoms. The van der Waals surface area contributed by atoms with Crippen LogP contribution in [-0.2, 0) is 0 Å². The minimum absolute atomic E-state index is 0.658. The van der Waals surface area contributed by atoms with Gasteiger partial charge < -0.3 is 5.73 Å². The third kappa shape index (κ3) is 2.37. The lowest BCUT2D eigenvalue weighted by atomic mass is 10.2. The van der Waals surface area contributed by atoms with Crippen LogP contribution in [0.15, 0.2) is 53.0 Å². The summed E-state index contributed by atoms with van der Waals surface area (Å²) in [6.45, 7) is 0. The summed E-state index contributed by atoms with van der Waals surface area (Å²) in [5, 5.41) is 7.19. The van der Waals surface area contributed by atoms with E-state index < -0.39 is 0 Å². The Morgan fingerprint density at radius 1 is 1.00 bits per heavy atom. The van der Waals surface area contributed by atoms with E-state index in [1.807, 2.05) is 48.5 Å². The lowest BCUT2D eigenvalue weighted by molar-refractivity contribution is 1.10. The quantitative estimate of drug-likeness (QED) is 0.711. The minimum atomic E-state index is 0.658. The Labute approximate surface area is 118 Å². The zero-order valence-corrected chi connectivity index (χ0v) is 11.6. The Morgan fingerprint density at radius 2 is 1.74 bits per heavy atom. The number of hydrogen-bond donors (Lipinski definition) is 2. The molecule has 19 heavy (non-hydrogen) atoms. The monoisotopic (exact) mass is 314 g/mol. The summed E-state index contributed by atoms with van der Waals surface area (Å²) in [5.74, 6) is 1.39. The van der Waals surface area contributed by atoms with Gasteiger partial charge in [0.25, 0.3) is 0 Å². The van der Waals surface area contributed by atoms with Crippen LogP contribution in [0.3, 0.4) is 0 Å². The number of H-pyrrole nitrogens is 1. The molecule has 0 atom stereocenters. The average molecular weight is 315 g/mol. The number of nitrogens with two attached hydrogens (primary N) is 1. The smallest absolute Gasteiger partial charge is 0.181 e. The van der Waals surface area contributed by atoms with E-state index >= 15 is 0 Å². The zero-order chi connectivity index (χ0) is 13.2. The summed E-state index contributed by atoms with van der Waals surface area (Å²) >= 11 is 3.50. The molecule has 3 N–H and O–H groups in total. The number of aromatic nitrogens is 3. The van der Waals surface area contributed by atoms with Crippen molar-refractivity contribution in [3.63, 3.8) is 0 Å². The second-order valence-corrected chi connectivity index (χ2v) is 4.96. The van der Waals surface area contributed by atoms with Gasteiger partial charge in [0, 0.05) is 21.3 Å². The molecule has 94 valence electrons. The number of rotatable bonds is 2. The van der Waals surface area contributed by atoms with Crippen molar-refractivity contribution in [1.29, 1.82) is 0 Å². The predicted octanol–water partition coefficient (Wildman–Crippen LogP) is 3.48. The molecule has 0 aliphatic rings. The molecule has 0 fully saturated rings. The summed E-state index contributed by atoms with van der Waals surface area (Å²) in [6, 6.07) is 15.4. The molecule has 0 saturated heterocycles. The number of nitrogens with one attached hydrogen (secondary N) is 1. The van der Waals surface area contributed by atoms with E-state index in [1.54, 1.807) is 0 Å². The Kier molecular flexibility index (Phi) is 3.05. The van der Waals surface area contributed by atoms with E-state index in [-0.39, 0.29) is 0 Å². The molecule has 3 rings (SSSR count). The molecule has 4 nitrogen and oxygen atoms in total. The number of nitrogens with zero attached hydrogens (tertiary/aromatic N) is 2. The number of benzene rings is 2. The van der Waals surface area contributed by atoms with Crippen molar-refractivity contribution >= 4 is 21.6 Å². The van der Waals surface area contributed by atoms with E-state index in [0.717, 1.165) is 27.1 Å². The molecule has 5 heteroatoms. The standard InChI is InChI=1S/C14H11BrN4/c15-12-4-2-1-3-11(12)14-17-13(18-19-14)9-5-7-10(16)8-6-9/h1-8H,16H2,(H,17,18,19). The number of anilines is 1. The molecule has 0 saturated carbocycles. The largest absolute Gasteiger partial charge is 0.399 e. The highest BCUT2D eigenvalue weighted by molar-refractivity contribution is 9.10. The molecule has 3 aromatic rings. The maximum atomic E-state index is 5.67. The Hall–Kier alpha value is -2.14. The van der Waals surface area contributed by atoms with E-state index in [0.29, 0.717) is 5.82 Å². The van der Waals surface area contributed by atoms with E-state index in [9.17, 15) is 0 Å². The molecular weight excluding hydrogens is 304 g/mol. The van der Waals surface area contributed by atoms with Gasteiger partial charge in [0.2, 0.25) is 0 Å². The van der Waals surface area contributed by atoms with Crippen LogP contribution in [0.4, 0.5) is 5.69 Å². The SMILES string of the molecule is Nc1ccc(-c2n[nH]c(-c3ccccc3Br)n2)cc1. The minimum Gasteiger partial charge on any atom is -0.399 e. The predicted molar refractivity (Wildman–Crippen MR) is 79.4 cm³/mol. The van der Waals surface area contributed by atoms with Crippen LogP contribution >= 0.6 is 15.9 Å². The van der Waals surface area contributed by atoms with Crippen molar-refractivity contribution < 1.29 is 0 Å². The molecule has 0 unspecified atom stereocenters. The van der Waals surface area contributed by atoms with Gasteiger partial charge in [0.05, 0.1) is 0 Å². The highest BCUT2D eigenvalue weighted by Gasteiger charge is 2.09. The van der Waals surface area contributed by atoms with Gasteiger partial charge in [-0.2, -0.15) is 5.10 Å². The van der Waals surface area contributed by atoms with Crippen LogP contribution in [0.25, 0.3) is 22.8 Å². The van der Waals surface area contributed by atoms with Crippen LogP contribution in [0.2, 0.25) is 0 Å². The van der Waals surface area contributed by atoms with Gasteiger partial charge >= 0.3 is 0 Å². The first-order chi connectivity index (χ1) is 9.24. The number of halogens is 1. The van der Waals surface area contributed by atoms with Crippen molar-refractivity contribution in [3.05, 3.63) is 53.0 Å². The normalized spacial score (nSPS) is 10.6. The van der Waals surface area contributed by atoms with Gasteiger partial charge in [0.1, 0.15) is 0 Å².